The number of nitrogens with zero attached hydrogens (tertiary/aromatic N) is 2. The Balaban J connectivity index is 1.49. The lowest BCUT2D eigenvalue weighted by molar-refractivity contribution is 0.0288. The highest BCUT2D eigenvalue weighted by molar-refractivity contribution is 6.30. The quantitative estimate of drug-likeness (QED) is 0.277. The van der Waals surface area contributed by atoms with E-state index in [2.05, 4.69) is 4.90 Å². The standard InChI is InChI=1S/C31H35ClN2O5/c1-31(2,3)39-30(36)33-18-17-23(20-33)21-34(19-22-5-7-24(8-6-22)29(35)37-4)26-11-15-28(16-12-26)38-27-13-9-25(32)10-14-27/h5-16,23H,17-21H2,1-4H3. The van der Waals surface area contributed by atoms with Gasteiger partial charge in [-0.1, -0.05) is 23.7 Å². The maximum atomic E-state index is 12.6. The Bertz CT molecular complexity index is 1250. The molecule has 0 saturated carbocycles. The minimum atomic E-state index is -0.520. The smallest absolute Gasteiger partial charge is 0.410 e. The van der Waals surface area contributed by atoms with E-state index in [0.29, 0.717) is 36.0 Å². The maximum absolute atomic E-state index is 12.6. The van der Waals surface area contributed by atoms with Crippen LogP contribution in [0.2, 0.25) is 5.02 Å². The second-order valence-electron chi connectivity index (χ2n) is 10.7. The number of esters is 1. The lowest BCUT2D eigenvalue weighted by Crippen LogP contribution is -2.36. The van der Waals surface area contributed by atoms with E-state index >= 15 is 0 Å². The van der Waals surface area contributed by atoms with Crippen molar-refractivity contribution in [2.45, 2.75) is 39.3 Å². The first kappa shape index (κ1) is 28.3. The van der Waals surface area contributed by atoms with Gasteiger partial charge < -0.3 is 24.0 Å². The molecule has 0 N–H and O–H groups in total. The summed E-state index contributed by atoms with van der Waals surface area (Å²) < 4.78 is 16.4. The maximum Gasteiger partial charge on any atom is 0.410 e. The number of halogens is 1. The predicted octanol–water partition coefficient (Wildman–Crippen LogP) is 7.18. The Kier molecular flexibility index (Phi) is 9.02. The Morgan fingerprint density at radius 3 is 2.15 bits per heavy atom. The van der Waals surface area contributed by atoms with E-state index in [1.807, 2.05) is 69.3 Å². The van der Waals surface area contributed by atoms with Crippen LogP contribution >= 0.6 is 11.6 Å². The number of benzene rings is 3. The molecule has 0 aliphatic carbocycles. The molecule has 1 saturated heterocycles. The molecule has 4 rings (SSSR count). The molecule has 8 heteroatoms. The Morgan fingerprint density at radius 1 is 0.949 bits per heavy atom. The van der Waals surface area contributed by atoms with Crippen molar-refractivity contribution in [2.24, 2.45) is 5.92 Å². The van der Waals surface area contributed by atoms with Gasteiger partial charge in [0.15, 0.2) is 0 Å². The number of methoxy groups -OCH3 is 1. The van der Waals surface area contributed by atoms with Gasteiger partial charge in [-0.2, -0.15) is 0 Å². The molecule has 3 aromatic carbocycles. The van der Waals surface area contributed by atoms with Crippen LogP contribution in [0, 0.1) is 5.92 Å². The Labute approximate surface area is 235 Å². The zero-order valence-corrected chi connectivity index (χ0v) is 23.6. The van der Waals surface area contributed by atoms with Gasteiger partial charge in [0.1, 0.15) is 17.1 Å². The van der Waals surface area contributed by atoms with E-state index in [1.54, 1.807) is 29.2 Å². The summed E-state index contributed by atoms with van der Waals surface area (Å²) in [6.07, 6.45) is 0.632. The highest BCUT2D eigenvalue weighted by Gasteiger charge is 2.31. The number of carbonyl (C=O) groups is 2. The summed E-state index contributed by atoms with van der Waals surface area (Å²) >= 11 is 5.98. The number of likely N-dealkylation sites (tertiary alicyclic amines) is 1. The minimum Gasteiger partial charge on any atom is -0.465 e. The van der Waals surface area contributed by atoms with Crippen LogP contribution in [0.5, 0.6) is 11.5 Å². The van der Waals surface area contributed by atoms with Crippen molar-refractivity contribution >= 4 is 29.4 Å². The van der Waals surface area contributed by atoms with Crippen LogP contribution in [-0.2, 0) is 16.0 Å². The second-order valence-corrected chi connectivity index (χ2v) is 11.1. The van der Waals surface area contributed by atoms with E-state index in [4.69, 9.17) is 25.8 Å². The highest BCUT2D eigenvalue weighted by Crippen LogP contribution is 2.29. The van der Waals surface area contributed by atoms with Crippen molar-refractivity contribution in [3.63, 3.8) is 0 Å². The molecule has 1 aliphatic heterocycles. The fraction of sp³-hybridized carbons (Fsp3) is 0.355. The summed E-state index contributed by atoms with van der Waals surface area (Å²) in [5.41, 5.74) is 2.09. The number of hydrogen-bond donors (Lipinski definition) is 0. The lowest BCUT2D eigenvalue weighted by Gasteiger charge is -2.29. The molecule has 1 aliphatic rings. The number of hydrogen-bond acceptors (Lipinski definition) is 6. The predicted molar refractivity (Wildman–Crippen MR) is 153 cm³/mol. The summed E-state index contributed by atoms with van der Waals surface area (Å²) in [5.74, 6) is 1.36. The third-order valence-corrected chi connectivity index (χ3v) is 6.67. The van der Waals surface area contributed by atoms with Crippen molar-refractivity contribution in [1.82, 2.24) is 4.90 Å². The van der Waals surface area contributed by atoms with E-state index < -0.39 is 5.60 Å². The molecule has 1 amide bonds. The largest absolute Gasteiger partial charge is 0.465 e. The zero-order chi connectivity index (χ0) is 28.0. The molecule has 1 atom stereocenters. The Morgan fingerprint density at radius 2 is 1.56 bits per heavy atom. The first-order chi connectivity index (χ1) is 18.6. The average Bonchev–Trinajstić information content (AvgIpc) is 3.38. The van der Waals surface area contributed by atoms with Crippen LogP contribution in [0.1, 0.15) is 43.1 Å². The van der Waals surface area contributed by atoms with Crippen molar-refractivity contribution in [1.29, 1.82) is 0 Å². The first-order valence-corrected chi connectivity index (χ1v) is 13.4. The summed E-state index contributed by atoms with van der Waals surface area (Å²) in [4.78, 5) is 28.5. The van der Waals surface area contributed by atoms with Gasteiger partial charge >= 0.3 is 12.1 Å². The fourth-order valence-corrected chi connectivity index (χ4v) is 4.62. The van der Waals surface area contributed by atoms with Crippen LogP contribution < -0.4 is 9.64 Å². The van der Waals surface area contributed by atoms with Crippen molar-refractivity contribution in [3.8, 4) is 11.5 Å². The normalized spacial score (nSPS) is 15.1. The van der Waals surface area contributed by atoms with Crippen molar-refractivity contribution < 1.29 is 23.8 Å². The second kappa shape index (κ2) is 12.4. The summed E-state index contributed by atoms with van der Waals surface area (Å²) in [5, 5.41) is 0.658. The summed E-state index contributed by atoms with van der Waals surface area (Å²) in [6, 6.07) is 22.7. The number of ether oxygens (including phenoxy) is 3. The molecule has 1 heterocycles. The van der Waals surface area contributed by atoms with Crippen LogP contribution in [0.4, 0.5) is 10.5 Å². The SMILES string of the molecule is COC(=O)c1ccc(CN(CC2CCN(C(=O)OC(C)(C)C)C2)c2ccc(Oc3ccc(Cl)cc3)cc2)cc1. The van der Waals surface area contributed by atoms with Crippen LogP contribution in [-0.4, -0.2) is 49.3 Å². The van der Waals surface area contributed by atoms with Gasteiger partial charge in [-0.25, -0.2) is 9.59 Å². The van der Waals surface area contributed by atoms with Gasteiger partial charge in [-0.05, 0) is 99.3 Å². The van der Waals surface area contributed by atoms with Gasteiger partial charge in [-0.15, -0.1) is 0 Å². The van der Waals surface area contributed by atoms with Crippen LogP contribution in [0.15, 0.2) is 72.8 Å². The summed E-state index contributed by atoms with van der Waals surface area (Å²) in [7, 11) is 1.38. The van der Waals surface area contributed by atoms with Gasteiger partial charge in [0.2, 0.25) is 0 Å². The van der Waals surface area contributed by atoms with Gasteiger partial charge in [-0.3, -0.25) is 0 Å². The van der Waals surface area contributed by atoms with E-state index in [-0.39, 0.29) is 18.0 Å². The molecule has 3 aromatic rings. The highest BCUT2D eigenvalue weighted by atomic mass is 35.5. The monoisotopic (exact) mass is 550 g/mol. The molecule has 0 aromatic heterocycles. The molecule has 7 nitrogen and oxygen atoms in total. The third-order valence-electron chi connectivity index (χ3n) is 6.42. The topological polar surface area (TPSA) is 68.3 Å². The molecule has 0 bridgehead atoms. The van der Waals surface area contributed by atoms with E-state index in [9.17, 15) is 9.59 Å². The average molecular weight is 551 g/mol. The third kappa shape index (κ3) is 8.14. The minimum absolute atomic E-state index is 0.265. The van der Waals surface area contributed by atoms with Crippen LogP contribution in [0.25, 0.3) is 0 Å². The first-order valence-electron chi connectivity index (χ1n) is 13.0. The van der Waals surface area contributed by atoms with E-state index in [0.717, 1.165) is 30.0 Å². The zero-order valence-electron chi connectivity index (χ0n) is 22.9. The lowest BCUT2D eigenvalue weighted by atomic mass is 10.1. The molecule has 1 unspecified atom stereocenters. The fourth-order valence-electron chi connectivity index (χ4n) is 4.50. The number of anilines is 1. The van der Waals surface area contributed by atoms with Gasteiger partial charge in [0.25, 0.3) is 0 Å². The molecule has 0 spiro atoms. The van der Waals surface area contributed by atoms with Gasteiger partial charge in [0.05, 0.1) is 12.7 Å². The Hall–Kier alpha value is -3.71. The van der Waals surface area contributed by atoms with Crippen molar-refractivity contribution in [3.05, 3.63) is 88.9 Å². The molecular formula is C31H35ClN2O5. The van der Waals surface area contributed by atoms with Gasteiger partial charge in [0, 0.05) is 36.9 Å². The van der Waals surface area contributed by atoms with E-state index in [1.165, 1.54) is 7.11 Å². The summed E-state index contributed by atoms with van der Waals surface area (Å²) in [6.45, 7) is 8.36. The van der Waals surface area contributed by atoms with Crippen LogP contribution in [0.3, 0.4) is 0 Å². The molecule has 1 fully saturated rings. The molecular weight excluding hydrogens is 516 g/mol. The molecule has 0 radical (unpaired) electrons. The number of rotatable bonds is 8. The number of amides is 1. The molecule has 206 valence electrons. The number of carbonyl (C=O) groups excluding carboxylic acids is 2. The van der Waals surface area contributed by atoms with Crippen molar-refractivity contribution in [2.75, 3.05) is 31.6 Å². The molecule has 39 heavy (non-hydrogen) atoms.